The Kier molecular flexibility index (Phi) is 6.52. The number of piperidine rings is 4. The van der Waals surface area contributed by atoms with Crippen molar-refractivity contribution in [1.29, 1.82) is 0 Å². The van der Waals surface area contributed by atoms with Crippen LogP contribution in [-0.4, -0.2) is 85.3 Å². The Morgan fingerprint density at radius 2 is 1.65 bits per heavy atom. The summed E-state index contributed by atoms with van der Waals surface area (Å²) < 4.78 is 0. The minimum atomic E-state index is -0.929. The predicted octanol–water partition coefficient (Wildman–Crippen LogP) is 1.77. The molecule has 5 aliphatic rings. The molecular weight excluding hydrogens is 470 g/mol. The Labute approximate surface area is 217 Å². The van der Waals surface area contributed by atoms with Crippen LogP contribution in [0.3, 0.4) is 0 Å². The summed E-state index contributed by atoms with van der Waals surface area (Å²) in [5.41, 5.74) is 1.99. The molecule has 1 aromatic carbocycles. The van der Waals surface area contributed by atoms with Crippen LogP contribution < -0.4 is 15.5 Å². The van der Waals surface area contributed by atoms with Crippen LogP contribution in [0.5, 0.6) is 0 Å². The average Bonchev–Trinajstić information content (AvgIpc) is 3.15. The molecule has 0 radical (unpaired) electrons. The molecule has 0 bridgehead atoms. The molecule has 1 spiro atoms. The van der Waals surface area contributed by atoms with Crippen LogP contribution in [0.4, 0.5) is 5.69 Å². The van der Waals surface area contributed by atoms with Gasteiger partial charge in [-0.3, -0.25) is 29.4 Å². The minimum Gasteiger partial charge on any atom is -0.371 e. The zero-order valence-electron chi connectivity index (χ0n) is 21.5. The predicted molar refractivity (Wildman–Crippen MR) is 138 cm³/mol. The lowest BCUT2D eigenvalue weighted by Crippen LogP contribution is -2.54. The molecule has 4 amide bonds. The number of nitrogens with one attached hydrogen (secondary N) is 2. The minimum absolute atomic E-state index is 0.125. The molecule has 6 rings (SSSR count). The lowest BCUT2D eigenvalue weighted by molar-refractivity contribution is -0.136. The number of hydrogen-bond donors (Lipinski definition) is 2. The summed E-state index contributed by atoms with van der Waals surface area (Å²) >= 11 is 0. The third kappa shape index (κ3) is 4.68. The molecule has 5 aliphatic heterocycles. The number of anilines is 1. The first kappa shape index (κ1) is 24.6. The van der Waals surface area contributed by atoms with Gasteiger partial charge in [0.25, 0.3) is 11.8 Å². The first-order valence-corrected chi connectivity index (χ1v) is 14.0. The zero-order chi connectivity index (χ0) is 25.6. The number of amides is 4. The first-order valence-electron chi connectivity index (χ1n) is 14.0. The smallest absolute Gasteiger partial charge is 0.262 e. The van der Waals surface area contributed by atoms with E-state index < -0.39 is 23.8 Å². The molecule has 1 unspecified atom stereocenters. The van der Waals surface area contributed by atoms with E-state index in [1.807, 2.05) is 12.1 Å². The molecule has 0 aliphatic carbocycles. The van der Waals surface area contributed by atoms with Crippen molar-refractivity contribution >= 4 is 29.3 Å². The number of carbonyl (C=O) groups is 4. The number of rotatable bonds is 4. The van der Waals surface area contributed by atoms with Crippen molar-refractivity contribution in [2.75, 3.05) is 50.7 Å². The Bertz CT molecular complexity index is 1110. The summed E-state index contributed by atoms with van der Waals surface area (Å²) in [4.78, 5) is 56.3. The molecule has 9 heteroatoms. The van der Waals surface area contributed by atoms with E-state index in [0.29, 0.717) is 16.5 Å². The summed E-state index contributed by atoms with van der Waals surface area (Å²) in [5.74, 6) is -0.997. The summed E-state index contributed by atoms with van der Waals surface area (Å²) in [6.07, 6.45) is 7.66. The molecule has 4 fully saturated rings. The highest BCUT2D eigenvalue weighted by Gasteiger charge is 2.45. The number of nitrogens with zero attached hydrogens (tertiary/aromatic N) is 3. The largest absolute Gasteiger partial charge is 0.371 e. The molecular formula is C28H37N5O4. The molecule has 4 saturated heterocycles. The van der Waals surface area contributed by atoms with Gasteiger partial charge in [-0.05, 0) is 101 Å². The van der Waals surface area contributed by atoms with Crippen molar-refractivity contribution in [3.63, 3.8) is 0 Å². The fourth-order valence-corrected chi connectivity index (χ4v) is 7.13. The molecule has 198 valence electrons. The number of imide groups is 2. The number of benzene rings is 1. The molecule has 0 saturated carbocycles. The van der Waals surface area contributed by atoms with Crippen molar-refractivity contribution in [1.82, 2.24) is 20.4 Å². The highest BCUT2D eigenvalue weighted by atomic mass is 16.2. The van der Waals surface area contributed by atoms with Crippen molar-refractivity contribution in [2.45, 2.75) is 57.4 Å². The third-order valence-electron chi connectivity index (χ3n) is 9.34. The van der Waals surface area contributed by atoms with Gasteiger partial charge in [-0.25, -0.2) is 0 Å². The van der Waals surface area contributed by atoms with Crippen molar-refractivity contribution in [2.24, 2.45) is 11.3 Å². The molecule has 2 N–H and O–H groups in total. The standard InChI is InChI=1S/C28H37N5O4/c34-24-5-4-23(25(35)30-24)33-26(36)21-3-2-20(16-22(21)27(33)37)32-13-1-8-28(18-32)9-14-31(15-10-28)17-19-6-11-29-12-7-19/h2-3,16,19,23,29H,1,4-15,17-18H2,(H,30,34,35). The van der Waals surface area contributed by atoms with Crippen LogP contribution in [0.1, 0.15) is 72.1 Å². The molecule has 0 aromatic heterocycles. The van der Waals surface area contributed by atoms with Gasteiger partial charge >= 0.3 is 0 Å². The van der Waals surface area contributed by atoms with Crippen LogP contribution in [0.2, 0.25) is 0 Å². The van der Waals surface area contributed by atoms with Gasteiger partial charge in [-0.1, -0.05) is 0 Å². The van der Waals surface area contributed by atoms with Gasteiger partial charge in [0.05, 0.1) is 11.1 Å². The first-order chi connectivity index (χ1) is 17.9. The maximum Gasteiger partial charge on any atom is 0.262 e. The third-order valence-corrected chi connectivity index (χ3v) is 9.34. The Morgan fingerprint density at radius 3 is 2.41 bits per heavy atom. The van der Waals surface area contributed by atoms with Crippen molar-refractivity contribution < 1.29 is 19.2 Å². The Hall–Kier alpha value is -2.78. The lowest BCUT2D eigenvalue weighted by atomic mass is 9.72. The van der Waals surface area contributed by atoms with E-state index in [1.165, 1.54) is 38.6 Å². The fourth-order valence-electron chi connectivity index (χ4n) is 7.13. The second-order valence-corrected chi connectivity index (χ2v) is 11.7. The highest BCUT2D eigenvalue weighted by molar-refractivity contribution is 6.23. The van der Waals surface area contributed by atoms with Crippen LogP contribution in [0.15, 0.2) is 18.2 Å². The van der Waals surface area contributed by atoms with E-state index in [1.54, 1.807) is 6.07 Å². The normalized spacial score (nSPS) is 27.1. The number of hydrogen-bond acceptors (Lipinski definition) is 7. The van der Waals surface area contributed by atoms with Crippen LogP contribution in [0, 0.1) is 11.3 Å². The topological polar surface area (TPSA) is 102 Å². The molecule has 37 heavy (non-hydrogen) atoms. The fraction of sp³-hybridized carbons (Fsp3) is 0.643. The number of likely N-dealkylation sites (tertiary alicyclic amines) is 1. The Balaban J connectivity index is 1.13. The summed E-state index contributed by atoms with van der Waals surface area (Å²) in [6.45, 7) is 7.78. The lowest BCUT2D eigenvalue weighted by Gasteiger charge is -2.49. The zero-order valence-corrected chi connectivity index (χ0v) is 21.5. The van der Waals surface area contributed by atoms with E-state index in [0.717, 1.165) is 62.2 Å². The van der Waals surface area contributed by atoms with Crippen LogP contribution >= 0.6 is 0 Å². The highest BCUT2D eigenvalue weighted by Crippen LogP contribution is 2.42. The Morgan fingerprint density at radius 1 is 0.892 bits per heavy atom. The van der Waals surface area contributed by atoms with Crippen LogP contribution in [-0.2, 0) is 9.59 Å². The van der Waals surface area contributed by atoms with Gasteiger partial charge in [-0.2, -0.15) is 0 Å². The summed E-state index contributed by atoms with van der Waals surface area (Å²) in [6, 6.07) is 4.59. The quantitative estimate of drug-likeness (QED) is 0.599. The summed E-state index contributed by atoms with van der Waals surface area (Å²) in [5, 5.41) is 5.72. The van der Waals surface area contributed by atoms with Gasteiger partial charge in [0.15, 0.2) is 0 Å². The molecule has 9 nitrogen and oxygen atoms in total. The van der Waals surface area contributed by atoms with E-state index in [9.17, 15) is 19.2 Å². The van der Waals surface area contributed by atoms with Crippen molar-refractivity contribution in [3.05, 3.63) is 29.3 Å². The monoisotopic (exact) mass is 507 g/mol. The average molecular weight is 508 g/mol. The van der Waals surface area contributed by atoms with Gasteiger partial charge < -0.3 is 15.1 Å². The second kappa shape index (κ2) is 9.83. The number of fused-ring (bicyclic) bond motifs is 1. The maximum atomic E-state index is 13.3. The van der Waals surface area contributed by atoms with E-state index in [2.05, 4.69) is 20.4 Å². The van der Waals surface area contributed by atoms with Crippen LogP contribution in [0.25, 0.3) is 0 Å². The van der Waals surface area contributed by atoms with Crippen molar-refractivity contribution in [3.8, 4) is 0 Å². The van der Waals surface area contributed by atoms with E-state index in [-0.39, 0.29) is 18.7 Å². The van der Waals surface area contributed by atoms with Gasteiger partial charge in [0.1, 0.15) is 6.04 Å². The SMILES string of the molecule is O=C1CCC(N2C(=O)c3ccc(N4CCCC5(CCN(CC6CCNCC6)CC5)C4)cc3C2=O)C(=O)N1. The van der Waals surface area contributed by atoms with Gasteiger partial charge in [0, 0.05) is 31.7 Å². The van der Waals surface area contributed by atoms with E-state index >= 15 is 0 Å². The second-order valence-electron chi connectivity index (χ2n) is 11.7. The van der Waals surface area contributed by atoms with E-state index in [4.69, 9.17) is 0 Å². The maximum absolute atomic E-state index is 13.3. The molecule has 1 aromatic rings. The van der Waals surface area contributed by atoms with Gasteiger partial charge in [0.2, 0.25) is 11.8 Å². The molecule has 1 atom stereocenters. The number of carbonyl (C=O) groups excluding carboxylic acids is 4. The molecule has 5 heterocycles. The van der Waals surface area contributed by atoms with Gasteiger partial charge in [-0.15, -0.1) is 0 Å². The summed E-state index contributed by atoms with van der Waals surface area (Å²) in [7, 11) is 0.